The number of fused-ring (bicyclic) bond motifs is 1. The molecule has 1 fully saturated rings. The Hall–Kier alpha value is -2.63. The van der Waals surface area contributed by atoms with Crippen LogP contribution in [-0.4, -0.2) is 32.3 Å². The van der Waals surface area contributed by atoms with E-state index < -0.39 is 11.5 Å². The number of hydrogen-bond donors (Lipinski definition) is 2. The average Bonchev–Trinajstić information content (AvgIpc) is 3.31. The van der Waals surface area contributed by atoms with E-state index in [1.54, 1.807) is 0 Å². The van der Waals surface area contributed by atoms with E-state index >= 15 is 0 Å². The summed E-state index contributed by atoms with van der Waals surface area (Å²) in [6, 6.07) is 8.03. The summed E-state index contributed by atoms with van der Waals surface area (Å²) in [7, 11) is 0. The Kier molecular flexibility index (Phi) is 4.50. The van der Waals surface area contributed by atoms with E-state index in [1.807, 2.05) is 35.9 Å². The van der Waals surface area contributed by atoms with Gasteiger partial charge < -0.3 is 10.4 Å². The second-order valence-electron chi connectivity index (χ2n) is 7.84. The molecule has 0 spiro atoms. The third-order valence-electron chi connectivity index (χ3n) is 5.92. The van der Waals surface area contributed by atoms with Gasteiger partial charge in [0.25, 0.3) is 5.91 Å². The van der Waals surface area contributed by atoms with Crippen molar-refractivity contribution in [1.29, 1.82) is 0 Å². The van der Waals surface area contributed by atoms with Crippen molar-refractivity contribution < 1.29 is 14.7 Å². The predicted molar refractivity (Wildman–Crippen MR) is 101 cm³/mol. The number of rotatable bonds is 5. The number of carboxylic acid groups (broad SMARTS) is 1. The summed E-state index contributed by atoms with van der Waals surface area (Å²) in [6.45, 7) is 2.04. The molecule has 4 rings (SSSR count). The van der Waals surface area contributed by atoms with Gasteiger partial charge in [0.05, 0.1) is 17.6 Å². The zero-order valence-corrected chi connectivity index (χ0v) is 15.6. The zero-order valence-electron chi connectivity index (χ0n) is 15.6. The van der Waals surface area contributed by atoms with Gasteiger partial charge in [-0.05, 0) is 50.7 Å². The molecule has 1 saturated carbocycles. The van der Waals surface area contributed by atoms with Crippen molar-refractivity contribution in [3.8, 4) is 5.69 Å². The molecule has 2 aliphatic carbocycles. The second kappa shape index (κ2) is 6.83. The Labute approximate surface area is 158 Å². The Morgan fingerprint density at radius 2 is 1.93 bits per heavy atom. The van der Waals surface area contributed by atoms with Crippen molar-refractivity contribution in [1.82, 2.24) is 15.1 Å². The van der Waals surface area contributed by atoms with Gasteiger partial charge in [-0.25, -0.2) is 4.68 Å². The molecular formula is C21H25N3O3. The quantitative estimate of drug-likeness (QED) is 0.850. The molecule has 1 aromatic carbocycles. The Morgan fingerprint density at radius 1 is 1.19 bits per heavy atom. The summed E-state index contributed by atoms with van der Waals surface area (Å²) in [5, 5.41) is 17.0. The van der Waals surface area contributed by atoms with Gasteiger partial charge in [0.2, 0.25) is 0 Å². The lowest BCUT2D eigenvalue weighted by Crippen LogP contribution is -2.48. The lowest BCUT2D eigenvalue weighted by atomic mass is 9.93. The van der Waals surface area contributed by atoms with Crippen LogP contribution >= 0.6 is 0 Å². The molecule has 1 aromatic heterocycles. The maximum absolute atomic E-state index is 13.1. The number of nitrogens with zero attached hydrogens (tertiary/aromatic N) is 2. The van der Waals surface area contributed by atoms with Crippen LogP contribution in [-0.2, 0) is 17.6 Å². The molecule has 27 heavy (non-hydrogen) atoms. The first-order valence-corrected chi connectivity index (χ1v) is 9.70. The molecule has 2 aliphatic rings. The van der Waals surface area contributed by atoms with Gasteiger partial charge in [-0.1, -0.05) is 31.0 Å². The molecule has 0 saturated heterocycles. The largest absolute Gasteiger partial charge is 0.481 e. The Balaban J connectivity index is 1.68. The van der Waals surface area contributed by atoms with Crippen LogP contribution in [0.15, 0.2) is 24.3 Å². The van der Waals surface area contributed by atoms with E-state index in [4.69, 9.17) is 0 Å². The molecule has 0 radical (unpaired) electrons. The fraction of sp³-hybridized carbons (Fsp3) is 0.476. The van der Waals surface area contributed by atoms with E-state index in [0.29, 0.717) is 18.5 Å². The highest BCUT2D eigenvalue weighted by atomic mass is 16.4. The van der Waals surface area contributed by atoms with Crippen molar-refractivity contribution in [3.63, 3.8) is 0 Å². The highest BCUT2D eigenvalue weighted by Crippen LogP contribution is 2.34. The van der Waals surface area contributed by atoms with Gasteiger partial charge >= 0.3 is 5.97 Å². The van der Waals surface area contributed by atoms with Gasteiger partial charge in [0.15, 0.2) is 5.69 Å². The number of carbonyl (C=O) groups is 2. The lowest BCUT2D eigenvalue weighted by molar-refractivity contribution is -0.138. The Bertz CT molecular complexity index is 894. The topological polar surface area (TPSA) is 84.2 Å². The molecule has 0 atom stereocenters. The van der Waals surface area contributed by atoms with Crippen LogP contribution in [0.5, 0.6) is 0 Å². The number of amides is 1. The van der Waals surface area contributed by atoms with Crippen LogP contribution in [0, 0.1) is 6.92 Å². The molecular weight excluding hydrogens is 342 g/mol. The fourth-order valence-electron chi connectivity index (χ4n) is 4.61. The summed E-state index contributed by atoms with van der Waals surface area (Å²) >= 11 is 0. The summed E-state index contributed by atoms with van der Waals surface area (Å²) in [5.74, 6) is -1.10. The maximum atomic E-state index is 13.1. The number of aromatic nitrogens is 2. The summed E-state index contributed by atoms with van der Waals surface area (Å²) in [6.07, 6.45) is 6.06. The molecule has 0 unspecified atom stereocenters. The normalized spacial score (nSPS) is 17.7. The molecule has 6 heteroatoms. The number of aryl methyl sites for hydroxylation is 1. The number of para-hydroxylation sites is 1. The average molecular weight is 367 g/mol. The summed E-state index contributed by atoms with van der Waals surface area (Å²) < 4.78 is 1.91. The SMILES string of the molecule is Cc1ccccc1-n1nc(C(=O)NC2(CC(=O)O)CCCC2)c2c1CCC2. The zero-order chi connectivity index (χ0) is 19.0. The van der Waals surface area contributed by atoms with Crippen LogP contribution in [0.2, 0.25) is 0 Å². The first-order chi connectivity index (χ1) is 13.0. The minimum atomic E-state index is -0.868. The third-order valence-corrected chi connectivity index (χ3v) is 5.92. The minimum Gasteiger partial charge on any atom is -0.481 e. The highest BCUT2D eigenvalue weighted by molar-refractivity contribution is 5.95. The van der Waals surface area contributed by atoms with E-state index in [-0.39, 0.29) is 12.3 Å². The molecule has 1 heterocycles. The fourth-order valence-corrected chi connectivity index (χ4v) is 4.61. The monoisotopic (exact) mass is 367 g/mol. The van der Waals surface area contributed by atoms with Gasteiger partial charge in [-0.2, -0.15) is 5.10 Å². The van der Waals surface area contributed by atoms with Crippen molar-refractivity contribution in [3.05, 3.63) is 46.8 Å². The summed E-state index contributed by atoms with van der Waals surface area (Å²) in [4.78, 5) is 24.4. The van der Waals surface area contributed by atoms with Crippen LogP contribution < -0.4 is 5.32 Å². The number of benzene rings is 1. The molecule has 1 amide bonds. The lowest BCUT2D eigenvalue weighted by Gasteiger charge is -2.28. The van der Waals surface area contributed by atoms with E-state index in [0.717, 1.165) is 54.6 Å². The van der Waals surface area contributed by atoms with Gasteiger partial charge in [0, 0.05) is 11.3 Å². The smallest absolute Gasteiger partial charge is 0.305 e. The van der Waals surface area contributed by atoms with Gasteiger partial charge in [0.1, 0.15) is 0 Å². The van der Waals surface area contributed by atoms with Gasteiger partial charge in [-0.3, -0.25) is 9.59 Å². The number of carboxylic acids is 1. The molecule has 2 aromatic rings. The first kappa shape index (κ1) is 17.8. The number of carbonyl (C=O) groups excluding carboxylic acids is 1. The standard InChI is InChI=1S/C21H25N3O3/c1-14-7-2-3-9-16(14)24-17-10-6-8-15(17)19(23-24)20(27)22-21(13-18(25)26)11-4-5-12-21/h2-3,7,9H,4-6,8,10-13H2,1H3,(H,22,27)(H,25,26). The number of nitrogens with one attached hydrogen (secondary N) is 1. The van der Waals surface area contributed by atoms with Crippen molar-refractivity contribution in [2.75, 3.05) is 0 Å². The van der Waals surface area contributed by atoms with Crippen LogP contribution in [0.25, 0.3) is 5.69 Å². The highest BCUT2D eigenvalue weighted by Gasteiger charge is 2.39. The maximum Gasteiger partial charge on any atom is 0.305 e. The molecule has 0 aliphatic heterocycles. The molecule has 6 nitrogen and oxygen atoms in total. The predicted octanol–water partition coefficient (Wildman–Crippen LogP) is 3.19. The van der Waals surface area contributed by atoms with Crippen molar-refractivity contribution >= 4 is 11.9 Å². The van der Waals surface area contributed by atoms with E-state index in [2.05, 4.69) is 10.4 Å². The molecule has 0 bridgehead atoms. The van der Waals surface area contributed by atoms with E-state index in [9.17, 15) is 14.7 Å². The minimum absolute atomic E-state index is 0.0283. The van der Waals surface area contributed by atoms with Crippen molar-refractivity contribution in [2.45, 2.75) is 63.8 Å². The van der Waals surface area contributed by atoms with Crippen molar-refractivity contribution in [2.24, 2.45) is 0 Å². The van der Waals surface area contributed by atoms with Crippen LogP contribution in [0.1, 0.15) is 65.8 Å². The number of aliphatic carboxylic acids is 1. The second-order valence-corrected chi connectivity index (χ2v) is 7.84. The number of hydrogen-bond acceptors (Lipinski definition) is 3. The summed E-state index contributed by atoms with van der Waals surface area (Å²) in [5.41, 5.74) is 4.05. The van der Waals surface area contributed by atoms with Gasteiger partial charge in [-0.15, -0.1) is 0 Å². The first-order valence-electron chi connectivity index (χ1n) is 9.70. The Morgan fingerprint density at radius 3 is 2.63 bits per heavy atom. The third kappa shape index (κ3) is 3.24. The van der Waals surface area contributed by atoms with Crippen LogP contribution in [0.4, 0.5) is 0 Å². The molecule has 142 valence electrons. The molecule has 2 N–H and O–H groups in total. The van der Waals surface area contributed by atoms with E-state index in [1.165, 1.54) is 0 Å². The van der Waals surface area contributed by atoms with Crippen LogP contribution in [0.3, 0.4) is 0 Å².